The van der Waals surface area contributed by atoms with Gasteiger partial charge in [-0.05, 0) is 13.8 Å². The quantitative estimate of drug-likeness (QED) is 0.482. The van der Waals surface area contributed by atoms with Gasteiger partial charge in [0, 0.05) is 14.2 Å². The van der Waals surface area contributed by atoms with Crippen LogP contribution in [0.4, 0.5) is 0 Å². The average molecular weight is 306 g/mol. The Morgan fingerprint density at radius 2 is 1.86 bits per heavy atom. The molecule has 0 radical (unpaired) electrons. The molecule has 0 aliphatic carbocycles. The van der Waals surface area contributed by atoms with Gasteiger partial charge in [0.2, 0.25) is 0 Å². The SMILES string of the molecule is COCO[C@@H]1[C@@H]([C@@H]2COC(C)(C)O2)OC(=O)[C@H]1OCOC. The van der Waals surface area contributed by atoms with E-state index in [0.717, 1.165) is 0 Å². The normalized spacial score (nSPS) is 35.1. The largest absolute Gasteiger partial charge is 0.455 e. The molecule has 0 unspecified atom stereocenters. The fourth-order valence-corrected chi connectivity index (χ4v) is 2.37. The summed E-state index contributed by atoms with van der Waals surface area (Å²) in [5, 5.41) is 0. The van der Waals surface area contributed by atoms with E-state index in [1.165, 1.54) is 14.2 Å². The van der Waals surface area contributed by atoms with Crippen molar-refractivity contribution in [2.24, 2.45) is 0 Å². The fraction of sp³-hybridized carbons (Fsp3) is 0.923. The van der Waals surface area contributed by atoms with Crippen LogP contribution in [0.5, 0.6) is 0 Å². The number of rotatable bonds is 7. The second-order valence-corrected chi connectivity index (χ2v) is 5.30. The lowest BCUT2D eigenvalue weighted by atomic mass is 10.1. The summed E-state index contributed by atoms with van der Waals surface area (Å²) in [6, 6.07) is 0. The van der Waals surface area contributed by atoms with Crippen molar-refractivity contribution in [2.45, 2.75) is 44.1 Å². The number of carbonyl (C=O) groups excluding carboxylic acids is 1. The summed E-state index contributed by atoms with van der Waals surface area (Å²) in [6.45, 7) is 3.89. The highest BCUT2D eigenvalue weighted by Gasteiger charge is 2.53. The van der Waals surface area contributed by atoms with Crippen LogP contribution in [0.15, 0.2) is 0 Å². The molecule has 2 rings (SSSR count). The lowest BCUT2D eigenvalue weighted by Crippen LogP contribution is -2.43. The minimum atomic E-state index is -0.877. The zero-order valence-corrected chi connectivity index (χ0v) is 12.7. The number of esters is 1. The van der Waals surface area contributed by atoms with E-state index in [0.29, 0.717) is 6.61 Å². The van der Waals surface area contributed by atoms with Crippen LogP contribution in [0.1, 0.15) is 13.8 Å². The molecule has 2 heterocycles. The molecule has 4 atom stereocenters. The van der Waals surface area contributed by atoms with Crippen LogP contribution in [-0.2, 0) is 38.0 Å². The number of ether oxygens (including phenoxy) is 7. The minimum absolute atomic E-state index is 0.0155. The highest BCUT2D eigenvalue weighted by molar-refractivity contribution is 5.78. The molecular weight excluding hydrogens is 284 g/mol. The average Bonchev–Trinajstić information content (AvgIpc) is 2.94. The fourth-order valence-electron chi connectivity index (χ4n) is 2.37. The van der Waals surface area contributed by atoms with Crippen molar-refractivity contribution in [3.63, 3.8) is 0 Å². The molecule has 0 amide bonds. The molecule has 2 aliphatic heterocycles. The molecule has 0 aromatic carbocycles. The van der Waals surface area contributed by atoms with E-state index in [-0.39, 0.29) is 13.6 Å². The monoisotopic (exact) mass is 306 g/mol. The smallest absolute Gasteiger partial charge is 0.338 e. The summed E-state index contributed by atoms with van der Waals surface area (Å²) >= 11 is 0. The number of hydrogen-bond acceptors (Lipinski definition) is 8. The van der Waals surface area contributed by atoms with E-state index in [1.54, 1.807) is 13.8 Å². The Bertz CT molecular complexity index is 358. The van der Waals surface area contributed by atoms with E-state index in [4.69, 9.17) is 33.2 Å². The van der Waals surface area contributed by atoms with Crippen molar-refractivity contribution >= 4 is 5.97 Å². The predicted molar refractivity (Wildman–Crippen MR) is 68.3 cm³/mol. The van der Waals surface area contributed by atoms with Crippen LogP contribution in [0.2, 0.25) is 0 Å². The Balaban J connectivity index is 2.06. The first-order chi connectivity index (χ1) is 9.98. The molecule has 8 nitrogen and oxygen atoms in total. The Labute approximate surface area is 123 Å². The van der Waals surface area contributed by atoms with Crippen LogP contribution in [-0.4, -0.2) is 70.6 Å². The molecule has 2 fully saturated rings. The van der Waals surface area contributed by atoms with Gasteiger partial charge in [-0.25, -0.2) is 4.79 Å². The number of carbonyl (C=O) groups is 1. The Kier molecular flexibility index (Phi) is 5.53. The lowest BCUT2D eigenvalue weighted by Gasteiger charge is -2.25. The van der Waals surface area contributed by atoms with Gasteiger partial charge in [0.15, 0.2) is 18.0 Å². The Morgan fingerprint density at radius 1 is 1.19 bits per heavy atom. The van der Waals surface area contributed by atoms with Crippen molar-refractivity contribution in [1.82, 2.24) is 0 Å². The summed E-state index contributed by atoms with van der Waals surface area (Å²) in [5.41, 5.74) is 0. The first-order valence-electron chi connectivity index (χ1n) is 6.72. The maximum atomic E-state index is 12.0. The number of methoxy groups -OCH3 is 2. The maximum absolute atomic E-state index is 12.0. The molecule has 0 N–H and O–H groups in total. The van der Waals surface area contributed by atoms with E-state index in [2.05, 4.69) is 0 Å². The second kappa shape index (κ2) is 6.99. The lowest BCUT2D eigenvalue weighted by molar-refractivity contribution is -0.178. The molecule has 0 saturated carbocycles. The van der Waals surface area contributed by atoms with Crippen LogP contribution in [0.25, 0.3) is 0 Å². The summed E-state index contributed by atoms with van der Waals surface area (Å²) in [6.07, 6.45) is -2.55. The summed E-state index contributed by atoms with van der Waals surface area (Å²) in [5.74, 6) is -1.22. The molecule has 0 spiro atoms. The topological polar surface area (TPSA) is 81.7 Å². The van der Waals surface area contributed by atoms with Gasteiger partial charge >= 0.3 is 5.97 Å². The number of cyclic esters (lactones) is 1. The second-order valence-electron chi connectivity index (χ2n) is 5.30. The van der Waals surface area contributed by atoms with Crippen LogP contribution < -0.4 is 0 Å². The zero-order valence-electron chi connectivity index (χ0n) is 12.7. The van der Waals surface area contributed by atoms with Crippen LogP contribution in [0, 0.1) is 0 Å². The van der Waals surface area contributed by atoms with Crippen LogP contribution in [0.3, 0.4) is 0 Å². The van der Waals surface area contributed by atoms with Gasteiger partial charge in [-0.15, -0.1) is 0 Å². The molecule has 21 heavy (non-hydrogen) atoms. The van der Waals surface area contributed by atoms with E-state index < -0.39 is 36.2 Å². The number of hydrogen-bond donors (Lipinski definition) is 0. The predicted octanol–water partition coefficient (Wildman–Crippen LogP) is 0.0415. The third kappa shape index (κ3) is 3.91. The first kappa shape index (κ1) is 16.6. The highest BCUT2D eigenvalue weighted by Crippen LogP contribution is 2.32. The first-order valence-corrected chi connectivity index (χ1v) is 6.72. The molecule has 2 aliphatic rings. The van der Waals surface area contributed by atoms with Gasteiger partial charge < -0.3 is 33.2 Å². The minimum Gasteiger partial charge on any atom is -0.455 e. The van der Waals surface area contributed by atoms with Crippen molar-refractivity contribution in [1.29, 1.82) is 0 Å². The van der Waals surface area contributed by atoms with E-state index in [1.807, 2.05) is 0 Å². The van der Waals surface area contributed by atoms with E-state index >= 15 is 0 Å². The Hall–Kier alpha value is -0.770. The van der Waals surface area contributed by atoms with Gasteiger partial charge in [0.25, 0.3) is 0 Å². The van der Waals surface area contributed by atoms with Crippen molar-refractivity contribution < 1.29 is 38.0 Å². The maximum Gasteiger partial charge on any atom is 0.338 e. The van der Waals surface area contributed by atoms with Gasteiger partial charge in [-0.1, -0.05) is 0 Å². The van der Waals surface area contributed by atoms with Gasteiger partial charge in [-0.3, -0.25) is 0 Å². The summed E-state index contributed by atoms with van der Waals surface area (Å²) < 4.78 is 37.2. The standard InChI is InChI=1S/C13H22O8/c1-13(2)19-5-8(21-13)9-10(17-6-15-3)11(12(14)20-9)18-7-16-4/h8-11H,5-7H2,1-4H3/t8-,9+,10+,11-/m0/s1. The summed E-state index contributed by atoms with van der Waals surface area (Å²) in [4.78, 5) is 12.0. The van der Waals surface area contributed by atoms with Crippen molar-refractivity contribution in [3.05, 3.63) is 0 Å². The highest BCUT2D eigenvalue weighted by atomic mass is 16.8. The van der Waals surface area contributed by atoms with Crippen molar-refractivity contribution in [3.8, 4) is 0 Å². The molecule has 8 heteroatoms. The Morgan fingerprint density at radius 3 is 2.43 bits per heavy atom. The zero-order chi connectivity index (χ0) is 15.5. The molecule has 122 valence electrons. The van der Waals surface area contributed by atoms with Gasteiger partial charge in [0.05, 0.1) is 6.61 Å². The summed E-state index contributed by atoms with van der Waals surface area (Å²) in [7, 11) is 2.97. The third-order valence-electron chi connectivity index (χ3n) is 3.25. The van der Waals surface area contributed by atoms with Crippen LogP contribution >= 0.6 is 0 Å². The molecule has 2 saturated heterocycles. The van der Waals surface area contributed by atoms with E-state index in [9.17, 15) is 4.79 Å². The molecular formula is C13H22O8. The third-order valence-corrected chi connectivity index (χ3v) is 3.25. The molecule has 0 bridgehead atoms. The molecule has 0 aromatic rings. The van der Waals surface area contributed by atoms with Crippen molar-refractivity contribution in [2.75, 3.05) is 34.4 Å². The molecule has 0 aromatic heterocycles. The van der Waals surface area contributed by atoms with Gasteiger partial charge in [0.1, 0.15) is 25.8 Å². The van der Waals surface area contributed by atoms with Gasteiger partial charge in [-0.2, -0.15) is 0 Å².